The molecule has 0 aromatic heterocycles. The van der Waals surface area contributed by atoms with Crippen LogP contribution in [0.2, 0.25) is 0 Å². The minimum Gasteiger partial charge on any atom is -0.354 e. The molecule has 1 aromatic rings. The summed E-state index contributed by atoms with van der Waals surface area (Å²) in [7, 11) is 3.53. The highest BCUT2D eigenvalue weighted by atomic mass is 127. The predicted molar refractivity (Wildman–Crippen MR) is 130 cm³/mol. The number of piperidine rings is 1. The lowest BCUT2D eigenvalue weighted by Crippen LogP contribution is -2.50. The number of nitrogens with one attached hydrogen (secondary N) is 2. The molecule has 1 amide bonds. The Morgan fingerprint density at radius 1 is 1.25 bits per heavy atom. The lowest BCUT2D eigenvalue weighted by Gasteiger charge is -2.32. The van der Waals surface area contributed by atoms with Crippen molar-refractivity contribution in [1.29, 1.82) is 0 Å². The Kier molecular flexibility index (Phi) is 12.0. The van der Waals surface area contributed by atoms with Gasteiger partial charge in [-0.15, -0.1) is 24.0 Å². The number of hydrogen-bond donors (Lipinski definition) is 2. The van der Waals surface area contributed by atoms with Crippen molar-refractivity contribution in [3.05, 3.63) is 34.3 Å². The van der Waals surface area contributed by atoms with Crippen molar-refractivity contribution in [1.82, 2.24) is 20.4 Å². The van der Waals surface area contributed by atoms with Gasteiger partial charge in [-0.2, -0.15) is 0 Å². The van der Waals surface area contributed by atoms with Gasteiger partial charge in [0.05, 0.1) is 13.1 Å². The van der Waals surface area contributed by atoms with Gasteiger partial charge in [0.15, 0.2) is 5.96 Å². The number of guanidine groups is 1. The summed E-state index contributed by atoms with van der Waals surface area (Å²) in [6, 6.07) is 8.54. The van der Waals surface area contributed by atoms with Crippen LogP contribution in [-0.4, -0.2) is 68.0 Å². The fourth-order valence-electron chi connectivity index (χ4n) is 3.04. The van der Waals surface area contributed by atoms with E-state index in [2.05, 4.69) is 50.5 Å². The molecule has 0 spiro atoms. The van der Waals surface area contributed by atoms with Crippen molar-refractivity contribution in [2.75, 3.05) is 40.3 Å². The SMILES string of the molecule is CCCN1CCC(NC(=NCc2ccc(Br)cc2)NCC(=O)N(C)C)CC1.I. The molecular weight excluding hydrogens is 533 g/mol. The lowest BCUT2D eigenvalue weighted by molar-refractivity contribution is -0.127. The Bertz CT molecular complexity index is 616. The largest absolute Gasteiger partial charge is 0.354 e. The van der Waals surface area contributed by atoms with Crippen LogP contribution in [0, 0.1) is 0 Å². The highest BCUT2D eigenvalue weighted by molar-refractivity contribution is 14.0. The summed E-state index contributed by atoms with van der Waals surface area (Å²) in [4.78, 5) is 20.7. The second-order valence-electron chi connectivity index (χ2n) is 7.19. The normalized spacial score (nSPS) is 15.6. The van der Waals surface area contributed by atoms with E-state index in [-0.39, 0.29) is 36.4 Å². The molecule has 28 heavy (non-hydrogen) atoms. The van der Waals surface area contributed by atoms with Crippen LogP contribution in [0.4, 0.5) is 0 Å². The van der Waals surface area contributed by atoms with Crippen molar-refractivity contribution >= 4 is 51.8 Å². The molecule has 158 valence electrons. The molecule has 1 fully saturated rings. The third-order valence-electron chi connectivity index (χ3n) is 4.71. The molecule has 1 heterocycles. The van der Waals surface area contributed by atoms with Gasteiger partial charge in [0, 0.05) is 37.7 Å². The first-order valence-corrected chi connectivity index (χ1v) is 10.5. The molecule has 0 saturated carbocycles. The number of carbonyl (C=O) groups is 1. The van der Waals surface area contributed by atoms with Gasteiger partial charge in [-0.05, 0) is 43.5 Å². The Balaban J connectivity index is 0.00000392. The number of aliphatic imine (C=N–C) groups is 1. The molecule has 2 N–H and O–H groups in total. The van der Waals surface area contributed by atoms with E-state index in [0.717, 1.165) is 36.0 Å². The number of carbonyl (C=O) groups excluding carboxylic acids is 1. The Morgan fingerprint density at radius 3 is 2.46 bits per heavy atom. The van der Waals surface area contributed by atoms with Crippen molar-refractivity contribution in [3.8, 4) is 0 Å². The van der Waals surface area contributed by atoms with E-state index in [1.807, 2.05) is 12.1 Å². The van der Waals surface area contributed by atoms with Crippen LogP contribution in [0.1, 0.15) is 31.7 Å². The van der Waals surface area contributed by atoms with Gasteiger partial charge >= 0.3 is 0 Å². The summed E-state index contributed by atoms with van der Waals surface area (Å²) in [5.74, 6) is 0.743. The van der Waals surface area contributed by atoms with E-state index >= 15 is 0 Å². The van der Waals surface area contributed by atoms with Crippen LogP contribution in [0.15, 0.2) is 33.7 Å². The van der Waals surface area contributed by atoms with Crippen molar-refractivity contribution in [2.45, 2.75) is 38.8 Å². The molecule has 8 heteroatoms. The van der Waals surface area contributed by atoms with E-state index < -0.39 is 0 Å². The first-order chi connectivity index (χ1) is 13.0. The zero-order valence-corrected chi connectivity index (χ0v) is 21.0. The molecule has 1 aliphatic rings. The fraction of sp³-hybridized carbons (Fsp3) is 0.600. The zero-order valence-electron chi connectivity index (χ0n) is 17.1. The summed E-state index contributed by atoms with van der Waals surface area (Å²) in [6.45, 7) is 6.45. The average molecular weight is 566 g/mol. The van der Waals surface area contributed by atoms with Crippen molar-refractivity contribution < 1.29 is 4.79 Å². The number of benzene rings is 1. The van der Waals surface area contributed by atoms with Gasteiger partial charge < -0.3 is 20.4 Å². The monoisotopic (exact) mass is 565 g/mol. The third kappa shape index (κ3) is 9.09. The van der Waals surface area contributed by atoms with Crippen LogP contribution in [0.5, 0.6) is 0 Å². The molecule has 0 unspecified atom stereocenters. The van der Waals surface area contributed by atoms with Crippen LogP contribution < -0.4 is 10.6 Å². The summed E-state index contributed by atoms with van der Waals surface area (Å²) >= 11 is 3.45. The molecule has 0 radical (unpaired) electrons. The molecule has 6 nitrogen and oxygen atoms in total. The lowest BCUT2D eigenvalue weighted by atomic mass is 10.1. The molecule has 0 bridgehead atoms. The molecular formula is C20H33BrIN5O. The number of nitrogens with zero attached hydrogens (tertiary/aromatic N) is 3. The first-order valence-electron chi connectivity index (χ1n) is 9.69. The van der Waals surface area contributed by atoms with Crippen LogP contribution in [-0.2, 0) is 11.3 Å². The Labute approximate surface area is 194 Å². The molecule has 1 aromatic carbocycles. The topological polar surface area (TPSA) is 60.0 Å². The van der Waals surface area contributed by atoms with E-state index in [0.29, 0.717) is 18.5 Å². The third-order valence-corrected chi connectivity index (χ3v) is 5.24. The van der Waals surface area contributed by atoms with Crippen LogP contribution in [0.25, 0.3) is 0 Å². The minimum absolute atomic E-state index is 0. The molecule has 2 rings (SSSR count). The van der Waals surface area contributed by atoms with Gasteiger partial charge in [-0.25, -0.2) is 4.99 Å². The number of hydrogen-bond acceptors (Lipinski definition) is 3. The number of likely N-dealkylation sites (tertiary alicyclic amines) is 1. The highest BCUT2D eigenvalue weighted by Crippen LogP contribution is 2.12. The minimum atomic E-state index is 0. The quantitative estimate of drug-likeness (QED) is 0.303. The maximum absolute atomic E-state index is 11.9. The standard InChI is InChI=1S/C20H32BrN5O.HI/c1-4-11-26-12-9-18(10-13-26)24-20(23-15-19(27)25(2)3)22-14-16-5-7-17(21)8-6-16;/h5-8,18H,4,9-15H2,1-3H3,(H2,22,23,24);1H. The molecule has 1 saturated heterocycles. The molecule has 0 atom stereocenters. The summed E-state index contributed by atoms with van der Waals surface area (Å²) in [6.07, 6.45) is 3.40. The fourth-order valence-corrected chi connectivity index (χ4v) is 3.31. The van der Waals surface area contributed by atoms with Crippen LogP contribution in [0.3, 0.4) is 0 Å². The maximum Gasteiger partial charge on any atom is 0.241 e. The molecule has 0 aliphatic carbocycles. The van der Waals surface area contributed by atoms with Gasteiger partial charge in [0.1, 0.15) is 0 Å². The van der Waals surface area contributed by atoms with Gasteiger partial charge in [-0.3, -0.25) is 4.79 Å². The number of likely N-dealkylation sites (N-methyl/N-ethyl adjacent to an activating group) is 1. The highest BCUT2D eigenvalue weighted by Gasteiger charge is 2.19. The number of amides is 1. The smallest absolute Gasteiger partial charge is 0.241 e. The second kappa shape index (κ2) is 13.4. The Morgan fingerprint density at radius 2 is 1.89 bits per heavy atom. The van der Waals surface area contributed by atoms with Gasteiger partial charge in [0.25, 0.3) is 0 Å². The van der Waals surface area contributed by atoms with Crippen molar-refractivity contribution in [3.63, 3.8) is 0 Å². The van der Waals surface area contributed by atoms with E-state index in [9.17, 15) is 4.79 Å². The van der Waals surface area contributed by atoms with Gasteiger partial charge in [-0.1, -0.05) is 35.0 Å². The summed E-state index contributed by atoms with van der Waals surface area (Å²) < 4.78 is 1.06. The number of halogens is 2. The zero-order chi connectivity index (χ0) is 19.6. The van der Waals surface area contributed by atoms with Crippen molar-refractivity contribution in [2.24, 2.45) is 4.99 Å². The summed E-state index contributed by atoms with van der Waals surface area (Å²) in [5, 5.41) is 6.72. The number of rotatable bonds is 7. The molecule has 1 aliphatic heterocycles. The van der Waals surface area contributed by atoms with E-state index in [1.54, 1.807) is 19.0 Å². The first kappa shape index (κ1) is 25.2. The average Bonchev–Trinajstić information content (AvgIpc) is 2.66. The summed E-state index contributed by atoms with van der Waals surface area (Å²) in [5.41, 5.74) is 1.14. The van der Waals surface area contributed by atoms with E-state index in [1.165, 1.54) is 13.0 Å². The predicted octanol–water partition coefficient (Wildman–Crippen LogP) is 3.06. The second-order valence-corrected chi connectivity index (χ2v) is 8.11. The Hall–Kier alpha value is -0.870. The maximum atomic E-state index is 11.9. The van der Waals surface area contributed by atoms with Gasteiger partial charge in [0.2, 0.25) is 5.91 Å². The van der Waals surface area contributed by atoms with E-state index in [4.69, 9.17) is 4.99 Å². The van der Waals surface area contributed by atoms with Crippen LogP contribution >= 0.6 is 39.9 Å².